The van der Waals surface area contributed by atoms with Crippen molar-refractivity contribution < 1.29 is 14.6 Å². The highest BCUT2D eigenvalue weighted by Gasteiger charge is 2.23. The first-order valence-electron chi connectivity index (χ1n) is 12.1. The van der Waals surface area contributed by atoms with E-state index in [1.54, 1.807) is 24.3 Å². The van der Waals surface area contributed by atoms with Gasteiger partial charge in [0.15, 0.2) is 0 Å². The minimum atomic E-state index is -0.0966. The van der Waals surface area contributed by atoms with E-state index in [-0.39, 0.29) is 30.6 Å². The number of ether oxygens (including phenoxy) is 2. The lowest BCUT2D eigenvalue weighted by Gasteiger charge is -2.16. The number of hydrogen-bond donors (Lipinski definition) is 1. The van der Waals surface area contributed by atoms with Gasteiger partial charge < -0.3 is 14.6 Å². The van der Waals surface area contributed by atoms with Crippen molar-refractivity contribution in [1.82, 2.24) is 9.97 Å². The van der Waals surface area contributed by atoms with Crippen molar-refractivity contribution in [2.45, 2.75) is 24.6 Å². The highest BCUT2D eigenvalue weighted by molar-refractivity contribution is 7.98. The Morgan fingerprint density at radius 3 is 2.31 bits per heavy atom. The normalized spacial score (nSPS) is 10.7. The molecule has 10 heteroatoms. The maximum absolute atomic E-state index is 10.2. The van der Waals surface area contributed by atoms with Crippen LogP contribution in [0.4, 0.5) is 0 Å². The van der Waals surface area contributed by atoms with Crippen LogP contribution in [0.5, 0.6) is 11.6 Å². The highest BCUT2D eigenvalue weighted by Crippen LogP contribution is 2.39. The Morgan fingerprint density at radius 1 is 0.974 bits per heavy atom. The number of benzene rings is 2. The lowest BCUT2D eigenvalue weighted by atomic mass is 9.97. The second kappa shape index (κ2) is 13.5. The van der Waals surface area contributed by atoms with Crippen LogP contribution in [-0.2, 0) is 5.75 Å². The van der Waals surface area contributed by atoms with Gasteiger partial charge >= 0.3 is 0 Å². The van der Waals surface area contributed by atoms with Crippen molar-refractivity contribution in [1.29, 1.82) is 10.5 Å². The van der Waals surface area contributed by atoms with Crippen molar-refractivity contribution in [3.63, 3.8) is 0 Å². The number of thiazole rings is 1. The molecule has 0 fully saturated rings. The van der Waals surface area contributed by atoms with Crippen LogP contribution >= 0.6 is 34.7 Å². The maximum Gasteiger partial charge on any atom is 0.233 e. The number of pyridine rings is 1. The van der Waals surface area contributed by atoms with Crippen LogP contribution in [0, 0.1) is 28.6 Å². The molecule has 0 aliphatic carbocycles. The SMILES string of the molecule is CC(C)COc1nc(SCc2csc(-c3ccc(Cl)cc3)n2)c(C#N)c(-c2ccc(OCCO)cc2)c1C#N. The number of aliphatic hydroxyl groups excluding tert-OH is 1. The summed E-state index contributed by atoms with van der Waals surface area (Å²) < 4.78 is 11.4. The maximum atomic E-state index is 10.2. The highest BCUT2D eigenvalue weighted by atomic mass is 35.5. The van der Waals surface area contributed by atoms with Gasteiger partial charge in [-0.25, -0.2) is 9.97 Å². The average molecular weight is 577 g/mol. The number of halogens is 1. The Hall–Kier alpha value is -3.60. The van der Waals surface area contributed by atoms with E-state index in [4.69, 9.17) is 31.2 Å². The summed E-state index contributed by atoms with van der Waals surface area (Å²) in [5, 5.41) is 33.3. The monoisotopic (exact) mass is 576 g/mol. The fraction of sp³-hybridized carbons (Fsp3) is 0.241. The van der Waals surface area contributed by atoms with Crippen LogP contribution in [0.3, 0.4) is 0 Å². The summed E-state index contributed by atoms with van der Waals surface area (Å²) >= 11 is 8.92. The number of thioether (sulfide) groups is 1. The predicted octanol–water partition coefficient (Wildman–Crippen LogP) is 6.97. The van der Waals surface area contributed by atoms with Crippen molar-refractivity contribution >= 4 is 34.7 Å². The van der Waals surface area contributed by atoms with E-state index >= 15 is 0 Å². The first kappa shape index (κ1) is 28.4. The molecule has 0 unspecified atom stereocenters. The second-order valence-corrected chi connectivity index (χ2v) is 11.1. The number of rotatable bonds is 11. The molecule has 39 heavy (non-hydrogen) atoms. The van der Waals surface area contributed by atoms with E-state index in [2.05, 4.69) is 17.1 Å². The van der Waals surface area contributed by atoms with Crippen molar-refractivity contribution in [2.75, 3.05) is 19.8 Å². The summed E-state index contributed by atoms with van der Waals surface area (Å²) in [5.41, 5.74) is 3.46. The van der Waals surface area contributed by atoms with Gasteiger partial charge in [0.1, 0.15) is 40.1 Å². The van der Waals surface area contributed by atoms with Gasteiger partial charge in [-0.1, -0.05) is 61.5 Å². The molecule has 0 spiro atoms. The number of aliphatic hydroxyl groups is 1. The first-order valence-corrected chi connectivity index (χ1v) is 14.4. The van der Waals surface area contributed by atoms with Crippen LogP contribution in [0.1, 0.15) is 30.7 Å². The van der Waals surface area contributed by atoms with Crippen molar-refractivity contribution in [3.8, 4) is 45.5 Å². The molecule has 0 radical (unpaired) electrons. The topological polar surface area (TPSA) is 112 Å². The fourth-order valence-electron chi connectivity index (χ4n) is 3.62. The minimum Gasteiger partial charge on any atom is -0.491 e. The number of hydrogen-bond acceptors (Lipinski definition) is 9. The zero-order chi connectivity index (χ0) is 27.8. The molecule has 0 aliphatic heterocycles. The van der Waals surface area contributed by atoms with Gasteiger partial charge in [-0.05, 0) is 35.7 Å². The van der Waals surface area contributed by atoms with Gasteiger partial charge in [0.05, 0.1) is 24.5 Å². The molecule has 4 rings (SSSR count). The smallest absolute Gasteiger partial charge is 0.233 e. The van der Waals surface area contributed by atoms with E-state index in [0.29, 0.717) is 44.8 Å². The predicted molar refractivity (Wildman–Crippen MR) is 154 cm³/mol. The summed E-state index contributed by atoms with van der Waals surface area (Å²) in [6.45, 7) is 4.48. The van der Waals surface area contributed by atoms with Gasteiger partial charge in [0, 0.05) is 27.3 Å². The molecule has 198 valence electrons. The third kappa shape index (κ3) is 7.08. The van der Waals surface area contributed by atoms with Crippen LogP contribution in [0.25, 0.3) is 21.7 Å². The molecule has 1 N–H and O–H groups in total. The summed E-state index contributed by atoms with van der Waals surface area (Å²) in [6.07, 6.45) is 0. The zero-order valence-electron chi connectivity index (χ0n) is 21.3. The summed E-state index contributed by atoms with van der Waals surface area (Å²) in [7, 11) is 0. The molecule has 7 nitrogen and oxygen atoms in total. The Labute approximate surface area is 240 Å². The molecule has 0 atom stereocenters. The van der Waals surface area contributed by atoms with Gasteiger partial charge in [-0.2, -0.15) is 10.5 Å². The molecule has 4 aromatic rings. The summed E-state index contributed by atoms with van der Waals surface area (Å²) in [5.74, 6) is 1.47. The summed E-state index contributed by atoms with van der Waals surface area (Å²) in [4.78, 5) is 9.36. The number of nitrogens with zero attached hydrogens (tertiary/aromatic N) is 4. The molecular weight excluding hydrogens is 552 g/mol. The standard InChI is InChI=1S/C29H25ClN4O3S2/c1-18(2)15-37-27-24(13-31)26(19-5-9-23(10-6-19)36-12-11-35)25(14-32)29(34-27)39-17-22-16-38-28(33-22)20-3-7-21(30)8-4-20/h3-10,16,18,35H,11-12,15,17H2,1-2H3. The van der Waals surface area contributed by atoms with E-state index in [0.717, 1.165) is 16.3 Å². The first-order chi connectivity index (χ1) is 18.9. The van der Waals surface area contributed by atoms with Gasteiger partial charge in [-0.15, -0.1) is 11.3 Å². The van der Waals surface area contributed by atoms with Crippen LogP contribution in [-0.4, -0.2) is 34.9 Å². The molecule has 0 bridgehead atoms. The third-order valence-corrected chi connectivity index (χ3v) is 7.61. The van der Waals surface area contributed by atoms with E-state index in [1.807, 2.05) is 43.5 Å². The zero-order valence-corrected chi connectivity index (χ0v) is 23.7. The minimum absolute atomic E-state index is 0.0966. The average Bonchev–Trinajstić information content (AvgIpc) is 3.43. The van der Waals surface area contributed by atoms with Crippen LogP contribution in [0.2, 0.25) is 5.02 Å². The third-order valence-electron chi connectivity index (χ3n) is 5.41. The van der Waals surface area contributed by atoms with Crippen molar-refractivity contribution in [3.05, 3.63) is 75.8 Å². The summed E-state index contributed by atoms with van der Waals surface area (Å²) in [6, 6.07) is 19.0. The molecule has 2 heterocycles. The molecular formula is C29H25ClN4O3S2. The molecule has 0 aliphatic rings. The lowest BCUT2D eigenvalue weighted by Crippen LogP contribution is -2.09. The quantitative estimate of drug-likeness (QED) is 0.190. The fourth-order valence-corrected chi connectivity index (χ4v) is 5.54. The molecule has 0 saturated carbocycles. The van der Waals surface area contributed by atoms with Gasteiger partial charge in [0.25, 0.3) is 0 Å². The molecule has 0 saturated heterocycles. The van der Waals surface area contributed by atoms with E-state index in [9.17, 15) is 10.5 Å². The van der Waals surface area contributed by atoms with E-state index in [1.165, 1.54) is 23.1 Å². The number of nitriles is 2. The Morgan fingerprint density at radius 2 is 1.67 bits per heavy atom. The largest absolute Gasteiger partial charge is 0.491 e. The Kier molecular flexibility index (Phi) is 9.80. The molecule has 2 aromatic heterocycles. The second-order valence-electron chi connectivity index (χ2n) is 8.81. The van der Waals surface area contributed by atoms with Crippen molar-refractivity contribution in [2.24, 2.45) is 5.92 Å². The van der Waals surface area contributed by atoms with Crippen LogP contribution in [0.15, 0.2) is 58.9 Å². The van der Waals surface area contributed by atoms with E-state index < -0.39 is 0 Å². The Bertz CT molecular complexity index is 1510. The number of aromatic nitrogens is 2. The van der Waals surface area contributed by atoms with Gasteiger partial charge in [-0.3, -0.25) is 0 Å². The lowest BCUT2D eigenvalue weighted by molar-refractivity contribution is 0.201. The Balaban J connectivity index is 1.70. The van der Waals surface area contributed by atoms with Crippen LogP contribution < -0.4 is 9.47 Å². The molecule has 2 aromatic carbocycles. The van der Waals surface area contributed by atoms with Gasteiger partial charge in [0.2, 0.25) is 5.88 Å². The molecule has 0 amide bonds.